The van der Waals surface area contributed by atoms with Crippen molar-refractivity contribution in [2.75, 3.05) is 18.3 Å². The number of hydrogen-bond acceptors (Lipinski definition) is 7. The number of rotatable bonds is 5. The molecule has 27 heavy (non-hydrogen) atoms. The van der Waals surface area contributed by atoms with Gasteiger partial charge >= 0.3 is 0 Å². The first-order chi connectivity index (χ1) is 13.2. The van der Waals surface area contributed by atoms with Gasteiger partial charge in [0.25, 0.3) is 5.95 Å². The second kappa shape index (κ2) is 7.81. The second-order valence-corrected chi connectivity index (χ2v) is 6.99. The predicted molar refractivity (Wildman–Crippen MR) is 108 cm³/mol. The number of anilines is 1. The maximum absolute atomic E-state index is 5.96. The highest BCUT2D eigenvalue weighted by molar-refractivity contribution is 7.99. The first kappa shape index (κ1) is 17.6. The maximum atomic E-state index is 5.96. The molecule has 2 aromatic carbocycles. The third-order valence-electron chi connectivity index (χ3n) is 3.82. The van der Waals surface area contributed by atoms with Crippen molar-refractivity contribution in [2.24, 2.45) is 10.2 Å². The van der Waals surface area contributed by atoms with Crippen molar-refractivity contribution in [1.82, 2.24) is 14.9 Å². The molecule has 0 bridgehead atoms. The van der Waals surface area contributed by atoms with Crippen molar-refractivity contribution < 1.29 is 4.74 Å². The highest BCUT2D eigenvalue weighted by Crippen LogP contribution is 2.26. The lowest BCUT2D eigenvalue weighted by molar-refractivity contribution is 0.415. The first-order valence-corrected chi connectivity index (χ1v) is 9.44. The van der Waals surface area contributed by atoms with Gasteiger partial charge in [-0.05, 0) is 35.4 Å². The van der Waals surface area contributed by atoms with Crippen LogP contribution < -0.4 is 10.2 Å². The van der Waals surface area contributed by atoms with Gasteiger partial charge in [0.1, 0.15) is 5.75 Å². The van der Waals surface area contributed by atoms with E-state index in [4.69, 9.17) is 16.3 Å². The molecule has 0 atom stereocenters. The minimum absolute atomic E-state index is 0.447. The summed E-state index contributed by atoms with van der Waals surface area (Å²) in [5, 5.41) is 18.5. The number of hydrazone groups is 1. The van der Waals surface area contributed by atoms with E-state index in [1.807, 2.05) is 48.5 Å². The molecular formula is C18H15ClN6OS. The van der Waals surface area contributed by atoms with E-state index < -0.39 is 0 Å². The molecule has 136 valence electrons. The van der Waals surface area contributed by atoms with Crippen molar-refractivity contribution in [3.05, 3.63) is 64.7 Å². The van der Waals surface area contributed by atoms with Crippen molar-refractivity contribution >= 4 is 41.2 Å². The molecule has 0 fully saturated rings. The van der Waals surface area contributed by atoms with Crippen LogP contribution in [0.1, 0.15) is 11.1 Å². The van der Waals surface area contributed by atoms with E-state index in [0.29, 0.717) is 21.9 Å². The molecule has 0 spiro atoms. The molecule has 0 saturated carbocycles. The second-order valence-electron chi connectivity index (χ2n) is 5.61. The molecule has 0 amide bonds. The van der Waals surface area contributed by atoms with Crippen molar-refractivity contribution in [2.45, 2.75) is 5.16 Å². The zero-order valence-electron chi connectivity index (χ0n) is 14.3. The number of methoxy groups -OCH3 is 1. The van der Waals surface area contributed by atoms with Crippen LogP contribution in [-0.2, 0) is 0 Å². The lowest BCUT2D eigenvalue weighted by Gasteiger charge is -2.13. The summed E-state index contributed by atoms with van der Waals surface area (Å²) in [6, 6.07) is 15.2. The Bertz CT molecular complexity index is 1010. The number of ether oxygens (including phenoxy) is 1. The average Bonchev–Trinajstić information content (AvgIpc) is 3.11. The molecular weight excluding hydrogens is 384 g/mol. The van der Waals surface area contributed by atoms with Crippen LogP contribution in [-0.4, -0.2) is 39.7 Å². The molecule has 1 N–H and O–H groups in total. The quantitative estimate of drug-likeness (QED) is 0.523. The van der Waals surface area contributed by atoms with Crippen LogP contribution in [0.15, 0.2) is 63.9 Å². The van der Waals surface area contributed by atoms with Crippen LogP contribution in [0.4, 0.5) is 5.95 Å². The number of benzene rings is 2. The van der Waals surface area contributed by atoms with Crippen LogP contribution in [0.5, 0.6) is 5.75 Å². The number of aromatic nitrogens is 3. The van der Waals surface area contributed by atoms with Gasteiger partial charge in [0.2, 0.25) is 5.16 Å². The fourth-order valence-corrected chi connectivity index (χ4v) is 3.43. The van der Waals surface area contributed by atoms with E-state index in [1.165, 1.54) is 0 Å². The van der Waals surface area contributed by atoms with Gasteiger partial charge in [-0.2, -0.15) is 14.9 Å². The topological polar surface area (TPSA) is 76.7 Å². The Labute approximate surface area is 165 Å². The van der Waals surface area contributed by atoms with E-state index in [9.17, 15) is 0 Å². The Morgan fingerprint density at radius 1 is 1.22 bits per heavy atom. The van der Waals surface area contributed by atoms with Crippen molar-refractivity contribution in [1.29, 1.82) is 0 Å². The van der Waals surface area contributed by atoms with Gasteiger partial charge < -0.3 is 4.74 Å². The molecule has 0 unspecified atom stereocenters. The molecule has 1 aliphatic rings. The van der Waals surface area contributed by atoms with Gasteiger partial charge in [-0.1, -0.05) is 47.6 Å². The van der Waals surface area contributed by atoms with Gasteiger partial charge in [-0.25, -0.2) is 5.43 Å². The predicted octanol–water partition coefficient (Wildman–Crippen LogP) is 3.74. The molecule has 0 saturated heterocycles. The summed E-state index contributed by atoms with van der Waals surface area (Å²) >= 11 is 7.53. The van der Waals surface area contributed by atoms with Crippen LogP contribution in [0, 0.1) is 0 Å². The minimum Gasteiger partial charge on any atom is -0.497 e. The molecule has 9 heteroatoms. The van der Waals surface area contributed by atoms with Gasteiger partial charge in [0, 0.05) is 10.8 Å². The Morgan fingerprint density at radius 3 is 2.89 bits per heavy atom. The van der Waals surface area contributed by atoms with Crippen molar-refractivity contribution in [3.63, 3.8) is 0 Å². The van der Waals surface area contributed by atoms with Gasteiger partial charge in [-0.15, -0.1) is 10.2 Å². The maximum Gasteiger partial charge on any atom is 0.266 e. The fourth-order valence-electron chi connectivity index (χ4n) is 2.47. The van der Waals surface area contributed by atoms with Crippen LogP contribution in [0.2, 0.25) is 5.02 Å². The Morgan fingerprint density at radius 2 is 2.07 bits per heavy atom. The highest BCUT2D eigenvalue weighted by atomic mass is 35.5. The molecule has 2 heterocycles. The van der Waals surface area contributed by atoms with E-state index >= 15 is 0 Å². The van der Waals surface area contributed by atoms with Crippen molar-refractivity contribution in [3.8, 4) is 5.75 Å². The Kier molecular flexibility index (Phi) is 5.08. The standard InChI is InChI=1S/C18H15ClN6OS/c1-26-15-4-2-3-12(9-15)10-20-21-17-22-23-18-25(17)24-16(11-27-18)13-5-7-14(19)8-6-13/h2-10H,11H2,1H3,(H,21,22)/b20-10+. The van der Waals surface area contributed by atoms with E-state index in [-0.39, 0.29) is 0 Å². The first-order valence-electron chi connectivity index (χ1n) is 8.08. The molecule has 1 aromatic heterocycles. The molecule has 3 aromatic rings. The number of thioether (sulfide) groups is 1. The Balaban J connectivity index is 1.54. The van der Waals surface area contributed by atoms with E-state index in [0.717, 1.165) is 22.6 Å². The summed E-state index contributed by atoms with van der Waals surface area (Å²) in [6.45, 7) is 0. The van der Waals surface area contributed by atoms with Gasteiger partial charge in [-0.3, -0.25) is 0 Å². The summed E-state index contributed by atoms with van der Waals surface area (Å²) in [7, 11) is 1.63. The number of nitrogens with zero attached hydrogens (tertiary/aromatic N) is 5. The zero-order chi connectivity index (χ0) is 18.6. The normalized spacial score (nSPS) is 13.3. The van der Waals surface area contributed by atoms with E-state index in [2.05, 4.69) is 25.8 Å². The summed E-state index contributed by atoms with van der Waals surface area (Å²) in [4.78, 5) is 0. The number of nitrogens with one attached hydrogen (secondary N) is 1. The summed E-state index contributed by atoms with van der Waals surface area (Å²) in [5.41, 5.74) is 5.73. The van der Waals surface area contributed by atoms with Gasteiger partial charge in [0.05, 0.1) is 19.0 Å². The van der Waals surface area contributed by atoms with Crippen LogP contribution >= 0.6 is 23.4 Å². The molecule has 0 radical (unpaired) electrons. The number of fused-ring (bicyclic) bond motifs is 1. The SMILES string of the molecule is COc1cccc(/C=N/Nc2nnc3n2N=C(c2ccc(Cl)cc2)CS3)c1. The average molecular weight is 399 g/mol. The highest BCUT2D eigenvalue weighted by Gasteiger charge is 2.19. The minimum atomic E-state index is 0.447. The zero-order valence-corrected chi connectivity index (χ0v) is 15.9. The number of hydrogen-bond donors (Lipinski definition) is 1. The summed E-state index contributed by atoms with van der Waals surface area (Å²) in [5.74, 6) is 1.93. The van der Waals surface area contributed by atoms with Gasteiger partial charge in [0.15, 0.2) is 0 Å². The van der Waals surface area contributed by atoms with E-state index in [1.54, 1.807) is 29.8 Å². The monoisotopic (exact) mass is 398 g/mol. The summed E-state index contributed by atoms with van der Waals surface area (Å²) < 4.78 is 6.86. The molecule has 0 aliphatic carbocycles. The fraction of sp³-hybridized carbons (Fsp3) is 0.111. The largest absolute Gasteiger partial charge is 0.497 e. The van der Waals surface area contributed by atoms with Crippen LogP contribution in [0.25, 0.3) is 0 Å². The lowest BCUT2D eigenvalue weighted by atomic mass is 10.1. The summed E-state index contributed by atoms with van der Waals surface area (Å²) in [6.07, 6.45) is 1.68. The molecule has 1 aliphatic heterocycles. The lowest BCUT2D eigenvalue weighted by Crippen LogP contribution is -2.14. The van der Waals surface area contributed by atoms with Crippen LogP contribution in [0.3, 0.4) is 0 Å². The smallest absolute Gasteiger partial charge is 0.266 e. The third-order valence-corrected chi connectivity index (χ3v) is 5.00. The third kappa shape index (κ3) is 3.96. The number of halogens is 1. The molecule has 4 rings (SSSR count). The Hall–Kier alpha value is -2.84. The molecule has 7 nitrogen and oxygen atoms in total.